The van der Waals surface area contributed by atoms with E-state index in [1.165, 1.54) is 4.85 Å². The molecule has 3 nitrogen and oxygen atoms in total. The van der Waals surface area contributed by atoms with Crippen LogP contribution in [-0.4, -0.2) is 16.6 Å². The first-order valence-electron chi connectivity index (χ1n) is 2.35. The second-order valence-electron chi connectivity index (χ2n) is 1.24. The van der Waals surface area contributed by atoms with Crippen LogP contribution in [0.1, 0.15) is 0 Å². The van der Waals surface area contributed by atoms with Crippen molar-refractivity contribution in [2.24, 2.45) is 0 Å². The predicted molar refractivity (Wildman–Crippen MR) is 29.0 cm³/mol. The standard InChI is InChI=1S/C5H7N2O/c1-2-8-7-5-3-4-6-7/h3-5H,1-2H2. The maximum absolute atomic E-state index is 4.84. The Balaban J connectivity index is 2.50. The summed E-state index contributed by atoms with van der Waals surface area (Å²) >= 11 is 0. The van der Waals surface area contributed by atoms with Crippen molar-refractivity contribution in [3.05, 3.63) is 25.4 Å². The van der Waals surface area contributed by atoms with Gasteiger partial charge in [0.2, 0.25) is 0 Å². The number of rotatable bonds is 2. The smallest absolute Gasteiger partial charge is 0.117 e. The van der Waals surface area contributed by atoms with Crippen molar-refractivity contribution < 1.29 is 4.84 Å². The zero-order valence-corrected chi connectivity index (χ0v) is 4.45. The molecule has 0 saturated carbocycles. The van der Waals surface area contributed by atoms with Gasteiger partial charge in [0.15, 0.2) is 0 Å². The molecule has 3 heteroatoms. The second-order valence-corrected chi connectivity index (χ2v) is 1.24. The minimum absolute atomic E-state index is 0.404. The first kappa shape index (κ1) is 5.15. The lowest BCUT2D eigenvalue weighted by Gasteiger charge is -1.97. The summed E-state index contributed by atoms with van der Waals surface area (Å²) in [6.45, 7) is 3.88. The topological polar surface area (TPSA) is 27.1 Å². The fraction of sp³-hybridized carbons (Fsp3) is 0.200. The van der Waals surface area contributed by atoms with E-state index in [0.29, 0.717) is 6.61 Å². The van der Waals surface area contributed by atoms with Gasteiger partial charge in [0.25, 0.3) is 0 Å². The highest BCUT2D eigenvalue weighted by Gasteiger charge is 1.81. The quantitative estimate of drug-likeness (QED) is 0.543. The van der Waals surface area contributed by atoms with E-state index >= 15 is 0 Å². The maximum Gasteiger partial charge on any atom is 0.117 e. The van der Waals surface area contributed by atoms with Gasteiger partial charge in [-0.05, 0) is 13.0 Å². The molecule has 8 heavy (non-hydrogen) atoms. The van der Waals surface area contributed by atoms with E-state index < -0.39 is 0 Å². The number of nitrogens with zero attached hydrogens (tertiary/aromatic N) is 2. The minimum Gasteiger partial charge on any atom is -0.397 e. The molecule has 0 amide bonds. The summed E-state index contributed by atoms with van der Waals surface area (Å²) in [5, 5.41) is 3.76. The molecule has 1 heterocycles. The van der Waals surface area contributed by atoms with Crippen LogP contribution in [-0.2, 0) is 0 Å². The van der Waals surface area contributed by atoms with Gasteiger partial charge in [0.1, 0.15) is 6.61 Å². The predicted octanol–water partition coefficient (Wildman–Crippen LogP) is 0.146. The Morgan fingerprint density at radius 3 is 3.12 bits per heavy atom. The summed E-state index contributed by atoms with van der Waals surface area (Å²) in [6, 6.07) is 1.79. The van der Waals surface area contributed by atoms with Gasteiger partial charge in [0, 0.05) is 0 Å². The molecule has 0 aliphatic carbocycles. The van der Waals surface area contributed by atoms with E-state index in [0.717, 1.165) is 0 Å². The Hall–Kier alpha value is -0.990. The molecular weight excluding hydrogens is 104 g/mol. The molecule has 1 rings (SSSR count). The normalized spacial score (nSPS) is 9.12. The summed E-state index contributed by atoms with van der Waals surface area (Å²) < 4.78 is 0. The zero-order chi connectivity index (χ0) is 5.82. The Labute approximate surface area is 47.8 Å². The van der Waals surface area contributed by atoms with Crippen LogP contribution in [0.15, 0.2) is 18.5 Å². The van der Waals surface area contributed by atoms with Crippen LogP contribution in [0.4, 0.5) is 0 Å². The fourth-order valence-corrected chi connectivity index (χ4v) is 0.425. The van der Waals surface area contributed by atoms with Gasteiger partial charge in [-0.25, -0.2) is 0 Å². The molecule has 0 unspecified atom stereocenters. The summed E-state index contributed by atoms with van der Waals surface area (Å²) in [5.74, 6) is 0. The van der Waals surface area contributed by atoms with Crippen molar-refractivity contribution in [1.82, 2.24) is 9.94 Å². The molecule has 0 bridgehead atoms. The lowest BCUT2D eigenvalue weighted by molar-refractivity contribution is 0.103. The van der Waals surface area contributed by atoms with Crippen molar-refractivity contribution in [3.8, 4) is 0 Å². The average molecular weight is 111 g/mol. The van der Waals surface area contributed by atoms with Crippen molar-refractivity contribution >= 4 is 0 Å². The lowest BCUT2D eigenvalue weighted by Crippen LogP contribution is -2.10. The van der Waals surface area contributed by atoms with E-state index in [4.69, 9.17) is 4.84 Å². The van der Waals surface area contributed by atoms with Crippen LogP contribution in [0.25, 0.3) is 0 Å². The van der Waals surface area contributed by atoms with Gasteiger partial charge in [-0.3, -0.25) is 0 Å². The molecular formula is C5H7N2O. The van der Waals surface area contributed by atoms with E-state index in [9.17, 15) is 0 Å². The molecule has 0 aromatic carbocycles. The first-order chi connectivity index (χ1) is 3.93. The van der Waals surface area contributed by atoms with Gasteiger partial charge < -0.3 is 4.84 Å². The Kier molecular flexibility index (Phi) is 1.51. The van der Waals surface area contributed by atoms with E-state index in [1.807, 2.05) is 0 Å². The molecule has 43 valence electrons. The first-order valence-corrected chi connectivity index (χ1v) is 2.35. The molecule has 0 spiro atoms. The molecule has 0 fully saturated rings. The van der Waals surface area contributed by atoms with Crippen molar-refractivity contribution in [2.45, 2.75) is 0 Å². The maximum atomic E-state index is 4.84. The van der Waals surface area contributed by atoms with E-state index in [-0.39, 0.29) is 0 Å². The van der Waals surface area contributed by atoms with Crippen molar-refractivity contribution in [3.63, 3.8) is 0 Å². The Bertz CT molecular complexity index is 136. The highest BCUT2D eigenvalue weighted by Crippen LogP contribution is 1.76. The van der Waals surface area contributed by atoms with Crippen LogP contribution in [0.5, 0.6) is 0 Å². The number of hydrogen-bond donors (Lipinski definition) is 0. The van der Waals surface area contributed by atoms with Gasteiger partial charge in [-0.2, -0.15) is 0 Å². The summed E-state index contributed by atoms with van der Waals surface area (Å²) in [7, 11) is 0. The summed E-state index contributed by atoms with van der Waals surface area (Å²) in [4.78, 5) is 6.21. The molecule has 1 aromatic rings. The van der Waals surface area contributed by atoms with E-state index in [2.05, 4.69) is 12.0 Å². The third kappa shape index (κ3) is 0.992. The molecule has 1 aromatic heterocycles. The molecule has 0 aliphatic heterocycles. The van der Waals surface area contributed by atoms with E-state index in [1.54, 1.807) is 18.5 Å². The Morgan fingerprint density at radius 2 is 2.62 bits per heavy atom. The van der Waals surface area contributed by atoms with Gasteiger partial charge in [-0.15, -0.1) is 9.94 Å². The minimum atomic E-state index is 0.404. The zero-order valence-electron chi connectivity index (χ0n) is 4.45. The highest BCUT2D eigenvalue weighted by molar-refractivity contribution is 4.74. The van der Waals surface area contributed by atoms with Crippen LogP contribution < -0.4 is 4.84 Å². The second kappa shape index (κ2) is 2.35. The summed E-state index contributed by atoms with van der Waals surface area (Å²) in [6.07, 6.45) is 3.36. The van der Waals surface area contributed by atoms with Crippen LogP contribution >= 0.6 is 0 Å². The van der Waals surface area contributed by atoms with Gasteiger partial charge >= 0.3 is 0 Å². The molecule has 0 aliphatic rings. The molecule has 1 radical (unpaired) electrons. The lowest BCUT2D eigenvalue weighted by atomic mass is 10.8. The largest absolute Gasteiger partial charge is 0.397 e. The SMILES string of the molecule is [CH2]COn1cccn1. The number of hydrogen-bond acceptors (Lipinski definition) is 2. The van der Waals surface area contributed by atoms with Crippen molar-refractivity contribution in [1.29, 1.82) is 0 Å². The number of aromatic nitrogens is 2. The third-order valence-electron chi connectivity index (χ3n) is 0.704. The van der Waals surface area contributed by atoms with Crippen LogP contribution in [0.2, 0.25) is 0 Å². The molecule has 0 atom stereocenters. The van der Waals surface area contributed by atoms with Crippen LogP contribution in [0.3, 0.4) is 0 Å². The van der Waals surface area contributed by atoms with Gasteiger partial charge in [-0.1, -0.05) is 0 Å². The fourth-order valence-electron chi connectivity index (χ4n) is 0.425. The molecule has 0 N–H and O–H groups in total. The Morgan fingerprint density at radius 1 is 1.75 bits per heavy atom. The monoisotopic (exact) mass is 111 g/mol. The molecule has 0 saturated heterocycles. The third-order valence-corrected chi connectivity index (χ3v) is 0.704. The van der Waals surface area contributed by atoms with Crippen molar-refractivity contribution in [2.75, 3.05) is 6.61 Å². The average Bonchev–Trinajstić information content (AvgIpc) is 2.19. The van der Waals surface area contributed by atoms with Crippen LogP contribution in [0, 0.1) is 6.92 Å². The highest BCUT2D eigenvalue weighted by atomic mass is 16.7. The van der Waals surface area contributed by atoms with Gasteiger partial charge in [0.05, 0.1) is 12.4 Å². The summed E-state index contributed by atoms with van der Waals surface area (Å²) in [5.41, 5.74) is 0.